The van der Waals surface area contributed by atoms with Gasteiger partial charge < -0.3 is 14.2 Å². The fourth-order valence-electron chi connectivity index (χ4n) is 4.07. The van der Waals surface area contributed by atoms with Gasteiger partial charge in [-0.3, -0.25) is 4.90 Å². The summed E-state index contributed by atoms with van der Waals surface area (Å²) in [4.78, 5) is 9.38. The predicted octanol–water partition coefficient (Wildman–Crippen LogP) is 4.55. The summed E-state index contributed by atoms with van der Waals surface area (Å²) in [6.45, 7) is 7.46. The zero-order valence-electron chi connectivity index (χ0n) is 18.8. The Labute approximate surface area is 187 Å². The summed E-state index contributed by atoms with van der Waals surface area (Å²) in [5.41, 5.74) is 1.86. The van der Waals surface area contributed by atoms with Gasteiger partial charge in [-0.25, -0.2) is 4.98 Å². The molecule has 0 N–H and O–H groups in total. The van der Waals surface area contributed by atoms with Crippen LogP contribution in [0.25, 0.3) is 0 Å². The van der Waals surface area contributed by atoms with Crippen LogP contribution < -0.4 is 0 Å². The van der Waals surface area contributed by atoms with E-state index in [2.05, 4.69) is 70.8 Å². The SMILES string of the molecule is CC(Cn1ccnc1Cc1ccc(C(Cl)OCCCN(C)C)cc1)N1CCCCC1. The Kier molecular flexibility index (Phi) is 9.19. The van der Waals surface area contributed by atoms with Gasteiger partial charge in [-0.1, -0.05) is 42.3 Å². The smallest absolute Gasteiger partial charge is 0.156 e. The third kappa shape index (κ3) is 7.09. The Balaban J connectivity index is 1.51. The van der Waals surface area contributed by atoms with Gasteiger partial charge in [0.1, 0.15) is 5.82 Å². The summed E-state index contributed by atoms with van der Waals surface area (Å²) >= 11 is 6.42. The number of alkyl halides is 1. The molecule has 0 spiro atoms. The minimum atomic E-state index is -0.395. The molecule has 6 heteroatoms. The van der Waals surface area contributed by atoms with E-state index in [1.165, 1.54) is 37.9 Å². The molecule has 1 aliphatic heterocycles. The largest absolute Gasteiger partial charge is 0.358 e. The van der Waals surface area contributed by atoms with Crippen molar-refractivity contribution < 1.29 is 4.74 Å². The molecule has 1 aromatic heterocycles. The zero-order valence-corrected chi connectivity index (χ0v) is 19.5. The van der Waals surface area contributed by atoms with Crippen LogP contribution in [-0.4, -0.2) is 65.7 Å². The highest BCUT2D eigenvalue weighted by Gasteiger charge is 2.18. The van der Waals surface area contributed by atoms with Crippen molar-refractivity contribution in [2.75, 3.05) is 40.3 Å². The molecule has 2 atom stereocenters. The minimum Gasteiger partial charge on any atom is -0.358 e. The number of halogens is 1. The van der Waals surface area contributed by atoms with Gasteiger partial charge in [0, 0.05) is 31.4 Å². The maximum Gasteiger partial charge on any atom is 0.156 e. The van der Waals surface area contributed by atoms with Crippen molar-refractivity contribution in [3.8, 4) is 0 Å². The second-order valence-corrected chi connectivity index (χ2v) is 9.10. The molecule has 1 aromatic carbocycles. The Hall–Kier alpha value is -1.40. The molecule has 1 aliphatic rings. The van der Waals surface area contributed by atoms with Crippen LogP contribution in [0.4, 0.5) is 0 Å². The zero-order chi connectivity index (χ0) is 21.3. The fraction of sp³-hybridized carbons (Fsp3) is 0.625. The molecule has 0 amide bonds. The van der Waals surface area contributed by atoms with Gasteiger partial charge in [-0.05, 0) is 71.0 Å². The first kappa shape index (κ1) is 23.3. The van der Waals surface area contributed by atoms with E-state index in [0.29, 0.717) is 12.6 Å². The average molecular weight is 433 g/mol. The van der Waals surface area contributed by atoms with E-state index in [1.807, 2.05) is 6.20 Å². The monoisotopic (exact) mass is 432 g/mol. The summed E-state index contributed by atoms with van der Waals surface area (Å²) in [7, 11) is 4.13. The number of imidazole rings is 1. The van der Waals surface area contributed by atoms with E-state index < -0.39 is 5.56 Å². The number of nitrogens with zero attached hydrogens (tertiary/aromatic N) is 4. The maximum absolute atomic E-state index is 6.42. The molecule has 1 saturated heterocycles. The predicted molar refractivity (Wildman–Crippen MR) is 124 cm³/mol. The number of hydrogen-bond acceptors (Lipinski definition) is 4. The van der Waals surface area contributed by atoms with Gasteiger partial charge in [0.25, 0.3) is 0 Å². The molecule has 0 radical (unpaired) electrons. The second kappa shape index (κ2) is 11.8. The average Bonchev–Trinajstić information content (AvgIpc) is 3.18. The molecule has 2 heterocycles. The van der Waals surface area contributed by atoms with E-state index >= 15 is 0 Å². The van der Waals surface area contributed by atoms with E-state index in [1.54, 1.807) is 0 Å². The first-order chi connectivity index (χ1) is 14.5. The molecule has 2 unspecified atom stereocenters. The third-order valence-electron chi connectivity index (χ3n) is 5.89. The molecule has 30 heavy (non-hydrogen) atoms. The van der Waals surface area contributed by atoms with Crippen LogP contribution >= 0.6 is 11.6 Å². The molecule has 0 saturated carbocycles. The van der Waals surface area contributed by atoms with Crippen LogP contribution in [0.2, 0.25) is 0 Å². The van der Waals surface area contributed by atoms with Crippen LogP contribution in [0, 0.1) is 0 Å². The second-order valence-electron chi connectivity index (χ2n) is 8.70. The van der Waals surface area contributed by atoms with Crippen molar-refractivity contribution in [2.24, 2.45) is 0 Å². The van der Waals surface area contributed by atoms with E-state index in [9.17, 15) is 0 Å². The van der Waals surface area contributed by atoms with Crippen LogP contribution in [0.1, 0.15) is 55.1 Å². The summed E-state index contributed by atoms with van der Waals surface area (Å²) in [6.07, 6.45) is 9.87. The number of piperidine rings is 1. The topological polar surface area (TPSA) is 33.5 Å². The highest BCUT2D eigenvalue weighted by atomic mass is 35.5. The number of hydrogen-bond donors (Lipinski definition) is 0. The van der Waals surface area contributed by atoms with E-state index in [4.69, 9.17) is 16.3 Å². The number of aromatic nitrogens is 2. The lowest BCUT2D eigenvalue weighted by molar-refractivity contribution is 0.101. The highest BCUT2D eigenvalue weighted by Crippen LogP contribution is 2.23. The van der Waals surface area contributed by atoms with Crippen molar-refractivity contribution in [1.82, 2.24) is 19.4 Å². The molecule has 166 valence electrons. The molecule has 0 bridgehead atoms. The maximum atomic E-state index is 6.42. The standard InChI is InChI=1S/C24H37ClN4O/c1-20(28-14-5-4-6-15-28)19-29-16-12-26-23(29)18-21-8-10-22(11-9-21)24(25)30-17-7-13-27(2)3/h8-12,16,20,24H,4-7,13-15,17-19H2,1-3H3. The Morgan fingerprint density at radius 3 is 2.57 bits per heavy atom. The summed E-state index contributed by atoms with van der Waals surface area (Å²) < 4.78 is 8.07. The van der Waals surface area contributed by atoms with Crippen molar-refractivity contribution in [1.29, 1.82) is 0 Å². The lowest BCUT2D eigenvalue weighted by Crippen LogP contribution is -2.39. The highest BCUT2D eigenvalue weighted by molar-refractivity contribution is 6.19. The molecule has 2 aromatic rings. The number of ether oxygens (including phenoxy) is 1. The Morgan fingerprint density at radius 2 is 1.87 bits per heavy atom. The molecular weight excluding hydrogens is 396 g/mol. The molecule has 3 rings (SSSR count). The van der Waals surface area contributed by atoms with E-state index in [-0.39, 0.29) is 0 Å². The summed E-state index contributed by atoms with van der Waals surface area (Å²) in [6, 6.07) is 8.97. The van der Waals surface area contributed by atoms with Crippen LogP contribution in [0.3, 0.4) is 0 Å². The first-order valence-electron chi connectivity index (χ1n) is 11.3. The fourth-order valence-corrected chi connectivity index (χ4v) is 4.30. The van der Waals surface area contributed by atoms with Gasteiger partial charge in [0.15, 0.2) is 5.56 Å². The number of benzene rings is 1. The summed E-state index contributed by atoms with van der Waals surface area (Å²) in [5, 5.41) is 0. The van der Waals surface area contributed by atoms with Crippen LogP contribution in [0.5, 0.6) is 0 Å². The lowest BCUT2D eigenvalue weighted by atomic mass is 10.1. The first-order valence-corrected chi connectivity index (χ1v) is 11.7. The normalized spacial score (nSPS) is 17.4. The molecule has 0 aliphatic carbocycles. The molecular formula is C24H37ClN4O. The van der Waals surface area contributed by atoms with Crippen molar-refractivity contribution in [3.63, 3.8) is 0 Å². The van der Waals surface area contributed by atoms with E-state index in [0.717, 1.165) is 37.3 Å². The quantitative estimate of drug-likeness (QED) is 0.385. The van der Waals surface area contributed by atoms with Crippen molar-refractivity contribution >= 4 is 11.6 Å². The van der Waals surface area contributed by atoms with Gasteiger partial charge in [0.2, 0.25) is 0 Å². The molecule has 1 fully saturated rings. The van der Waals surface area contributed by atoms with Crippen molar-refractivity contribution in [2.45, 2.75) is 57.2 Å². The van der Waals surface area contributed by atoms with Gasteiger partial charge in [-0.15, -0.1) is 0 Å². The van der Waals surface area contributed by atoms with Gasteiger partial charge in [-0.2, -0.15) is 0 Å². The Bertz CT molecular complexity index is 740. The lowest BCUT2D eigenvalue weighted by Gasteiger charge is -2.32. The van der Waals surface area contributed by atoms with Crippen LogP contribution in [0.15, 0.2) is 36.7 Å². The third-order valence-corrected chi connectivity index (χ3v) is 6.27. The molecule has 5 nitrogen and oxygen atoms in total. The summed E-state index contributed by atoms with van der Waals surface area (Å²) in [5.74, 6) is 1.12. The van der Waals surface area contributed by atoms with Crippen LogP contribution in [-0.2, 0) is 17.7 Å². The van der Waals surface area contributed by atoms with Gasteiger partial charge in [0.05, 0.1) is 6.61 Å². The number of likely N-dealkylation sites (tertiary alicyclic amines) is 1. The van der Waals surface area contributed by atoms with Crippen molar-refractivity contribution in [3.05, 3.63) is 53.6 Å². The Morgan fingerprint density at radius 1 is 1.13 bits per heavy atom. The van der Waals surface area contributed by atoms with Gasteiger partial charge >= 0.3 is 0 Å². The number of rotatable bonds is 11. The minimum absolute atomic E-state index is 0.395.